The highest BCUT2D eigenvalue weighted by molar-refractivity contribution is 7.13. The minimum Gasteiger partial charge on any atom is -0.320 e. The van der Waals surface area contributed by atoms with Crippen LogP contribution in [0.2, 0.25) is 0 Å². The zero-order valence-corrected chi connectivity index (χ0v) is 18.2. The second-order valence-corrected chi connectivity index (χ2v) is 9.36. The summed E-state index contributed by atoms with van der Waals surface area (Å²) < 4.78 is 0. The van der Waals surface area contributed by atoms with E-state index in [2.05, 4.69) is 53.0 Å². The summed E-state index contributed by atoms with van der Waals surface area (Å²) in [5.41, 5.74) is 2.24. The van der Waals surface area contributed by atoms with Gasteiger partial charge in [0.25, 0.3) is 5.91 Å². The topological polar surface area (TPSA) is 61.4 Å². The molecule has 0 radical (unpaired) electrons. The Labute approximate surface area is 172 Å². The minimum absolute atomic E-state index is 0.192. The fraction of sp³-hybridized carbons (Fsp3) is 0.571. The molecule has 1 N–H and O–H groups in total. The summed E-state index contributed by atoms with van der Waals surface area (Å²) in [5, 5.41) is 12.6. The zero-order chi connectivity index (χ0) is 20.1. The van der Waals surface area contributed by atoms with E-state index in [0.717, 1.165) is 56.3 Å². The number of hydrogen-bond donors (Lipinski definition) is 1. The quantitative estimate of drug-likeness (QED) is 0.828. The average molecular weight is 402 g/mol. The van der Waals surface area contributed by atoms with Crippen LogP contribution >= 0.6 is 11.3 Å². The molecular weight excluding hydrogens is 370 g/mol. The molecule has 1 aliphatic rings. The number of hydrogen-bond acceptors (Lipinski definition) is 6. The highest BCUT2D eigenvalue weighted by atomic mass is 32.1. The van der Waals surface area contributed by atoms with Crippen molar-refractivity contribution in [2.75, 3.05) is 31.5 Å². The Balaban J connectivity index is 1.55. The highest BCUT2D eigenvalue weighted by Gasteiger charge is 2.24. The number of carbonyl (C=O) groups is 1. The van der Waals surface area contributed by atoms with Crippen LogP contribution in [0.15, 0.2) is 24.3 Å². The molecular formula is C21H31N5OS. The third-order valence-electron chi connectivity index (χ3n) is 5.18. The molecule has 1 saturated heterocycles. The first kappa shape index (κ1) is 20.9. The molecule has 6 nitrogen and oxygen atoms in total. The molecule has 7 heteroatoms. The van der Waals surface area contributed by atoms with E-state index in [1.807, 2.05) is 24.3 Å². The fourth-order valence-corrected chi connectivity index (χ4v) is 4.19. The molecule has 1 aromatic carbocycles. The maximum Gasteiger partial charge on any atom is 0.286 e. The van der Waals surface area contributed by atoms with Gasteiger partial charge in [0.1, 0.15) is 5.01 Å². The minimum atomic E-state index is -0.192. The molecule has 0 bridgehead atoms. The first-order valence-electron chi connectivity index (χ1n) is 10.0. The molecule has 28 heavy (non-hydrogen) atoms. The number of nitrogens with zero attached hydrogens (tertiary/aromatic N) is 4. The summed E-state index contributed by atoms with van der Waals surface area (Å²) in [6, 6.07) is 7.91. The maximum atomic E-state index is 12.5. The molecule has 1 aliphatic heterocycles. The van der Waals surface area contributed by atoms with Crippen LogP contribution in [0.5, 0.6) is 0 Å². The monoisotopic (exact) mass is 401 g/mol. The van der Waals surface area contributed by atoms with Gasteiger partial charge in [0.05, 0.1) is 6.54 Å². The van der Waals surface area contributed by atoms with Crippen molar-refractivity contribution in [3.63, 3.8) is 0 Å². The molecule has 0 unspecified atom stereocenters. The van der Waals surface area contributed by atoms with Gasteiger partial charge in [0, 0.05) is 24.3 Å². The van der Waals surface area contributed by atoms with Gasteiger partial charge in [0.15, 0.2) is 0 Å². The van der Waals surface area contributed by atoms with E-state index in [0.29, 0.717) is 5.01 Å². The second-order valence-electron chi connectivity index (χ2n) is 8.29. The maximum absolute atomic E-state index is 12.5. The van der Waals surface area contributed by atoms with Crippen LogP contribution in [-0.4, -0.2) is 57.6 Å². The van der Waals surface area contributed by atoms with Crippen LogP contribution in [0.3, 0.4) is 0 Å². The molecule has 0 saturated carbocycles. The predicted octanol–water partition coefficient (Wildman–Crippen LogP) is 3.66. The Bertz CT molecular complexity index is 781. The van der Waals surface area contributed by atoms with Crippen LogP contribution in [0.25, 0.3) is 0 Å². The summed E-state index contributed by atoms with van der Waals surface area (Å²) in [4.78, 5) is 17.4. The molecule has 152 valence electrons. The summed E-state index contributed by atoms with van der Waals surface area (Å²) >= 11 is 1.39. The van der Waals surface area contributed by atoms with Gasteiger partial charge in [-0.25, -0.2) is 0 Å². The standard InChI is InChI=1S/C21H31N5OS/c1-5-16-7-9-17(10-8-16)22-19(27)20-24-23-18(28-20)15-25-11-6-12-26(14-13-25)21(2,3)4/h7-10H,5-6,11-15H2,1-4H3,(H,22,27). The Kier molecular flexibility index (Phi) is 6.80. The molecule has 0 spiro atoms. The van der Waals surface area contributed by atoms with E-state index < -0.39 is 0 Å². The van der Waals surface area contributed by atoms with Crippen LogP contribution in [0, 0.1) is 0 Å². The van der Waals surface area contributed by atoms with Gasteiger partial charge in [-0.05, 0) is 64.4 Å². The van der Waals surface area contributed by atoms with Crippen molar-refractivity contribution >= 4 is 22.9 Å². The Hall–Kier alpha value is -1.83. The molecule has 2 heterocycles. The summed E-state index contributed by atoms with van der Waals surface area (Å²) in [5.74, 6) is -0.192. The second kappa shape index (κ2) is 9.11. The van der Waals surface area contributed by atoms with Gasteiger partial charge >= 0.3 is 0 Å². The summed E-state index contributed by atoms with van der Waals surface area (Å²) in [6.07, 6.45) is 2.13. The molecule has 0 atom stereocenters. The van der Waals surface area contributed by atoms with Crippen molar-refractivity contribution in [1.29, 1.82) is 0 Å². The number of aryl methyl sites for hydroxylation is 1. The third kappa shape index (κ3) is 5.59. The molecule has 0 aliphatic carbocycles. The number of carbonyl (C=O) groups excluding carboxylic acids is 1. The van der Waals surface area contributed by atoms with E-state index in [-0.39, 0.29) is 11.4 Å². The number of benzene rings is 1. The Morgan fingerprint density at radius 1 is 1.11 bits per heavy atom. The summed E-state index contributed by atoms with van der Waals surface area (Å²) in [6.45, 7) is 13.9. The van der Waals surface area contributed by atoms with Crippen molar-refractivity contribution in [2.45, 2.75) is 52.6 Å². The average Bonchev–Trinajstić information content (AvgIpc) is 2.99. The van der Waals surface area contributed by atoms with E-state index in [1.165, 1.54) is 16.9 Å². The fourth-order valence-electron chi connectivity index (χ4n) is 3.41. The van der Waals surface area contributed by atoms with Crippen LogP contribution in [0.1, 0.15) is 54.5 Å². The smallest absolute Gasteiger partial charge is 0.286 e. The largest absolute Gasteiger partial charge is 0.320 e. The van der Waals surface area contributed by atoms with Gasteiger partial charge < -0.3 is 5.32 Å². The van der Waals surface area contributed by atoms with Crippen molar-refractivity contribution in [1.82, 2.24) is 20.0 Å². The Morgan fingerprint density at radius 3 is 2.54 bits per heavy atom. The molecule has 3 rings (SSSR count). The lowest BCUT2D eigenvalue weighted by Crippen LogP contribution is -2.43. The number of nitrogens with one attached hydrogen (secondary N) is 1. The number of aromatic nitrogens is 2. The Morgan fingerprint density at radius 2 is 1.86 bits per heavy atom. The van der Waals surface area contributed by atoms with E-state index in [4.69, 9.17) is 0 Å². The van der Waals surface area contributed by atoms with Gasteiger partial charge in [-0.15, -0.1) is 10.2 Å². The lowest BCUT2D eigenvalue weighted by atomic mass is 10.1. The van der Waals surface area contributed by atoms with Gasteiger partial charge in [-0.1, -0.05) is 30.4 Å². The van der Waals surface area contributed by atoms with E-state index >= 15 is 0 Å². The molecule has 2 aromatic rings. The van der Waals surface area contributed by atoms with E-state index in [9.17, 15) is 4.79 Å². The van der Waals surface area contributed by atoms with Gasteiger partial charge in [0.2, 0.25) is 5.01 Å². The molecule has 1 amide bonds. The summed E-state index contributed by atoms with van der Waals surface area (Å²) in [7, 11) is 0. The number of rotatable bonds is 5. The van der Waals surface area contributed by atoms with Crippen molar-refractivity contribution < 1.29 is 4.79 Å². The lowest BCUT2D eigenvalue weighted by molar-refractivity contribution is 0.102. The molecule has 1 aromatic heterocycles. The first-order chi connectivity index (χ1) is 13.3. The van der Waals surface area contributed by atoms with E-state index in [1.54, 1.807) is 0 Å². The van der Waals surface area contributed by atoms with Crippen molar-refractivity contribution in [2.24, 2.45) is 0 Å². The normalized spacial score (nSPS) is 16.7. The SMILES string of the molecule is CCc1ccc(NC(=O)c2nnc(CN3CCCN(C(C)(C)C)CC3)s2)cc1. The number of anilines is 1. The highest BCUT2D eigenvalue weighted by Crippen LogP contribution is 2.19. The van der Waals surface area contributed by atoms with Crippen LogP contribution in [0.4, 0.5) is 5.69 Å². The van der Waals surface area contributed by atoms with Crippen molar-refractivity contribution in [3.05, 3.63) is 39.8 Å². The number of amides is 1. The first-order valence-corrected chi connectivity index (χ1v) is 10.9. The van der Waals surface area contributed by atoms with Crippen molar-refractivity contribution in [3.8, 4) is 0 Å². The van der Waals surface area contributed by atoms with Crippen LogP contribution in [-0.2, 0) is 13.0 Å². The lowest BCUT2D eigenvalue weighted by Gasteiger charge is -2.34. The third-order valence-corrected chi connectivity index (χ3v) is 6.08. The van der Waals surface area contributed by atoms with Gasteiger partial charge in [-0.3, -0.25) is 14.6 Å². The predicted molar refractivity (Wildman–Crippen MR) is 115 cm³/mol. The van der Waals surface area contributed by atoms with Gasteiger partial charge in [-0.2, -0.15) is 0 Å². The zero-order valence-electron chi connectivity index (χ0n) is 17.4. The molecule has 1 fully saturated rings. The van der Waals surface area contributed by atoms with Crippen LogP contribution < -0.4 is 5.32 Å².